The first-order valence-corrected chi connectivity index (χ1v) is 9.71. The number of pyridine rings is 1. The molecule has 0 aliphatic rings. The van der Waals surface area contributed by atoms with Gasteiger partial charge in [0.05, 0.1) is 5.69 Å². The van der Waals surface area contributed by atoms with Crippen molar-refractivity contribution in [3.8, 4) is 5.75 Å². The summed E-state index contributed by atoms with van der Waals surface area (Å²) in [4.78, 5) is 18.7. The number of ether oxygens (including phenoxy) is 1. The minimum atomic E-state index is 0.0663. The summed E-state index contributed by atoms with van der Waals surface area (Å²) in [6.07, 6.45) is 8.64. The van der Waals surface area contributed by atoms with Gasteiger partial charge in [0.2, 0.25) is 5.91 Å². The average Bonchev–Trinajstić information content (AvgIpc) is 2.69. The maximum atomic E-state index is 12.5. The van der Waals surface area contributed by atoms with Gasteiger partial charge in [0.1, 0.15) is 12.4 Å². The van der Waals surface area contributed by atoms with Gasteiger partial charge >= 0.3 is 0 Å². The molecule has 1 amide bonds. The fourth-order valence-corrected chi connectivity index (χ4v) is 2.73. The molecule has 0 fully saturated rings. The summed E-state index contributed by atoms with van der Waals surface area (Å²) >= 11 is 0. The maximum absolute atomic E-state index is 12.5. The number of carbonyl (C=O) groups excluding carboxylic acids is 1. The number of amides is 1. The molecule has 0 saturated heterocycles. The number of unbranched alkanes of at least 4 members (excludes halogenated alkanes) is 2. The molecule has 1 aromatic heterocycles. The zero-order valence-corrected chi connectivity index (χ0v) is 16.6. The molecule has 27 heavy (non-hydrogen) atoms. The van der Waals surface area contributed by atoms with Gasteiger partial charge in [0.15, 0.2) is 0 Å². The van der Waals surface area contributed by atoms with E-state index in [4.69, 9.17) is 4.74 Å². The van der Waals surface area contributed by atoms with E-state index in [0.717, 1.165) is 42.8 Å². The lowest BCUT2D eigenvalue weighted by molar-refractivity contribution is -0.127. The number of aromatic nitrogens is 1. The Morgan fingerprint density at radius 2 is 1.93 bits per heavy atom. The molecule has 0 N–H and O–H groups in total. The van der Waals surface area contributed by atoms with E-state index in [-0.39, 0.29) is 11.9 Å². The van der Waals surface area contributed by atoms with E-state index in [0.29, 0.717) is 6.61 Å². The van der Waals surface area contributed by atoms with E-state index in [9.17, 15) is 4.79 Å². The minimum absolute atomic E-state index is 0.0663. The van der Waals surface area contributed by atoms with Crippen LogP contribution in [-0.2, 0) is 11.4 Å². The van der Waals surface area contributed by atoms with Crippen molar-refractivity contribution in [2.75, 3.05) is 6.54 Å². The molecule has 2 rings (SSSR count). The fraction of sp³-hybridized carbons (Fsp3) is 0.391. The molecule has 0 atom stereocenters. The summed E-state index contributed by atoms with van der Waals surface area (Å²) in [5, 5.41) is 0. The van der Waals surface area contributed by atoms with Crippen molar-refractivity contribution >= 4 is 12.0 Å². The van der Waals surface area contributed by atoms with Crippen LogP contribution in [0.25, 0.3) is 6.08 Å². The zero-order chi connectivity index (χ0) is 19.5. The highest BCUT2D eigenvalue weighted by Crippen LogP contribution is 2.15. The standard InChI is InChI=1S/C23H30N2O2/c1-4-5-8-17-25(19(2)3)23(26)15-12-20-10-13-22(14-11-20)27-18-21-9-6-7-16-24-21/h6-7,9-16,19H,4-5,8,17-18H2,1-3H3/b15-12+. The Balaban J connectivity index is 1.89. The van der Waals surface area contributed by atoms with Crippen LogP contribution in [-0.4, -0.2) is 28.4 Å². The molecule has 4 heteroatoms. The second-order valence-corrected chi connectivity index (χ2v) is 6.84. The van der Waals surface area contributed by atoms with E-state index < -0.39 is 0 Å². The van der Waals surface area contributed by atoms with Crippen molar-refractivity contribution in [2.45, 2.75) is 52.7 Å². The van der Waals surface area contributed by atoms with Gasteiger partial charge in [-0.3, -0.25) is 9.78 Å². The molecular formula is C23H30N2O2. The SMILES string of the molecule is CCCCCN(C(=O)/C=C/c1ccc(OCc2ccccn2)cc1)C(C)C. The maximum Gasteiger partial charge on any atom is 0.246 e. The summed E-state index contributed by atoms with van der Waals surface area (Å²) in [6, 6.07) is 13.7. The number of carbonyl (C=O) groups is 1. The second-order valence-electron chi connectivity index (χ2n) is 6.84. The van der Waals surface area contributed by atoms with Crippen molar-refractivity contribution in [3.63, 3.8) is 0 Å². The van der Waals surface area contributed by atoms with E-state index in [1.54, 1.807) is 12.3 Å². The molecule has 1 aromatic carbocycles. The van der Waals surface area contributed by atoms with Crippen molar-refractivity contribution < 1.29 is 9.53 Å². The molecule has 4 nitrogen and oxygen atoms in total. The van der Waals surface area contributed by atoms with Crippen LogP contribution in [0.15, 0.2) is 54.7 Å². The lowest BCUT2D eigenvalue weighted by atomic mass is 10.2. The van der Waals surface area contributed by atoms with E-state index in [1.807, 2.05) is 53.4 Å². The summed E-state index contributed by atoms with van der Waals surface area (Å²) in [7, 11) is 0. The van der Waals surface area contributed by atoms with Gasteiger partial charge in [-0.15, -0.1) is 0 Å². The van der Waals surface area contributed by atoms with Gasteiger partial charge in [-0.05, 0) is 56.2 Å². The minimum Gasteiger partial charge on any atom is -0.487 e. The van der Waals surface area contributed by atoms with Crippen LogP contribution in [0.5, 0.6) is 5.75 Å². The van der Waals surface area contributed by atoms with Crippen LogP contribution in [0.2, 0.25) is 0 Å². The van der Waals surface area contributed by atoms with Crippen LogP contribution < -0.4 is 4.74 Å². The third kappa shape index (κ3) is 7.26. The van der Waals surface area contributed by atoms with Crippen LogP contribution in [0, 0.1) is 0 Å². The van der Waals surface area contributed by atoms with Crippen LogP contribution in [0.4, 0.5) is 0 Å². The lowest BCUT2D eigenvalue weighted by Crippen LogP contribution is -2.36. The predicted molar refractivity (Wildman–Crippen MR) is 110 cm³/mol. The molecule has 0 unspecified atom stereocenters. The van der Waals surface area contributed by atoms with E-state index in [1.165, 1.54) is 0 Å². The number of hydrogen-bond donors (Lipinski definition) is 0. The number of rotatable bonds is 10. The molecule has 1 heterocycles. The largest absolute Gasteiger partial charge is 0.487 e. The van der Waals surface area contributed by atoms with Gasteiger partial charge < -0.3 is 9.64 Å². The highest BCUT2D eigenvalue weighted by Gasteiger charge is 2.13. The third-order valence-corrected chi connectivity index (χ3v) is 4.32. The van der Waals surface area contributed by atoms with Crippen molar-refractivity contribution in [1.82, 2.24) is 9.88 Å². The van der Waals surface area contributed by atoms with Gasteiger partial charge in [-0.1, -0.05) is 38.0 Å². The quantitative estimate of drug-likeness (QED) is 0.434. The highest BCUT2D eigenvalue weighted by molar-refractivity contribution is 5.92. The summed E-state index contributed by atoms with van der Waals surface area (Å²) in [5.74, 6) is 0.851. The Kier molecular flexibility index (Phi) is 8.56. The zero-order valence-electron chi connectivity index (χ0n) is 16.6. The normalized spacial score (nSPS) is 11.1. The topological polar surface area (TPSA) is 42.4 Å². The van der Waals surface area contributed by atoms with Gasteiger partial charge in [-0.2, -0.15) is 0 Å². The van der Waals surface area contributed by atoms with Gasteiger partial charge in [0, 0.05) is 24.9 Å². The predicted octanol–water partition coefficient (Wildman–Crippen LogP) is 5.10. The Morgan fingerprint density at radius 1 is 1.15 bits per heavy atom. The Labute approximate surface area is 162 Å². The molecule has 0 bridgehead atoms. The highest BCUT2D eigenvalue weighted by atomic mass is 16.5. The third-order valence-electron chi connectivity index (χ3n) is 4.32. The van der Waals surface area contributed by atoms with E-state index >= 15 is 0 Å². The van der Waals surface area contributed by atoms with Crippen molar-refractivity contribution in [3.05, 3.63) is 66.0 Å². The van der Waals surface area contributed by atoms with Crippen LogP contribution in [0.1, 0.15) is 51.3 Å². The molecular weight excluding hydrogens is 336 g/mol. The smallest absolute Gasteiger partial charge is 0.246 e. The van der Waals surface area contributed by atoms with Crippen molar-refractivity contribution in [2.24, 2.45) is 0 Å². The molecule has 0 saturated carbocycles. The number of nitrogens with zero attached hydrogens (tertiary/aromatic N) is 2. The van der Waals surface area contributed by atoms with E-state index in [2.05, 4.69) is 25.8 Å². The average molecular weight is 367 g/mol. The monoisotopic (exact) mass is 366 g/mol. The first kappa shape index (κ1) is 20.7. The number of hydrogen-bond acceptors (Lipinski definition) is 3. The Morgan fingerprint density at radius 3 is 2.56 bits per heavy atom. The van der Waals surface area contributed by atoms with Crippen molar-refractivity contribution in [1.29, 1.82) is 0 Å². The molecule has 0 radical (unpaired) electrons. The molecule has 0 aliphatic carbocycles. The summed E-state index contributed by atoms with van der Waals surface area (Å²) in [5.41, 5.74) is 1.87. The second kappa shape index (κ2) is 11.2. The molecule has 144 valence electrons. The summed E-state index contributed by atoms with van der Waals surface area (Å²) < 4.78 is 5.74. The summed E-state index contributed by atoms with van der Waals surface area (Å²) in [6.45, 7) is 7.55. The first-order valence-electron chi connectivity index (χ1n) is 9.71. The lowest BCUT2D eigenvalue weighted by Gasteiger charge is -2.25. The first-order chi connectivity index (χ1) is 13.1. The Bertz CT molecular complexity index is 709. The van der Waals surface area contributed by atoms with Gasteiger partial charge in [0.25, 0.3) is 0 Å². The molecule has 0 aliphatic heterocycles. The molecule has 0 spiro atoms. The number of benzene rings is 1. The Hall–Kier alpha value is -2.62. The van der Waals surface area contributed by atoms with Crippen LogP contribution in [0.3, 0.4) is 0 Å². The van der Waals surface area contributed by atoms with Gasteiger partial charge in [-0.25, -0.2) is 0 Å². The fourth-order valence-electron chi connectivity index (χ4n) is 2.73. The molecule has 2 aromatic rings. The van der Waals surface area contributed by atoms with Crippen LogP contribution >= 0.6 is 0 Å².